The fourth-order valence-corrected chi connectivity index (χ4v) is 6.89. The summed E-state index contributed by atoms with van der Waals surface area (Å²) in [7, 11) is 0. The molecule has 2 bridgehead atoms. The van der Waals surface area contributed by atoms with Crippen molar-refractivity contribution < 1.29 is 29.0 Å². The molecule has 3 fully saturated rings. The number of nitrogens with zero attached hydrogens (tertiary/aromatic N) is 2. The van der Waals surface area contributed by atoms with E-state index in [0.29, 0.717) is 19.4 Å². The number of hydrogen-bond donors (Lipinski definition) is 1. The summed E-state index contributed by atoms with van der Waals surface area (Å²) in [4.78, 5) is 45.1. The predicted octanol–water partition coefficient (Wildman–Crippen LogP) is 3.48. The van der Waals surface area contributed by atoms with Crippen molar-refractivity contribution >= 4 is 17.8 Å². The second kappa shape index (κ2) is 11.7. The van der Waals surface area contributed by atoms with Crippen molar-refractivity contribution in [2.75, 3.05) is 19.8 Å². The average molecular weight is 519 g/mol. The zero-order valence-electron chi connectivity index (χ0n) is 23.3. The van der Waals surface area contributed by atoms with Gasteiger partial charge in [0.1, 0.15) is 17.6 Å². The van der Waals surface area contributed by atoms with Crippen LogP contribution in [0.5, 0.6) is 0 Å². The Morgan fingerprint density at radius 3 is 2.59 bits per heavy atom. The number of unbranched alkanes of at least 4 members (excludes halogenated alkanes) is 2. The number of aliphatic hydroxyl groups is 1. The lowest BCUT2D eigenvalue weighted by Gasteiger charge is -2.40. The van der Waals surface area contributed by atoms with Crippen molar-refractivity contribution in [3.8, 4) is 0 Å². The van der Waals surface area contributed by atoms with E-state index < -0.39 is 41.1 Å². The first-order valence-corrected chi connectivity index (χ1v) is 13.9. The fourth-order valence-electron chi connectivity index (χ4n) is 6.89. The Morgan fingerprint density at radius 1 is 1.30 bits per heavy atom. The molecule has 4 unspecified atom stereocenters. The van der Waals surface area contributed by atoms with Gasteiger partial charge in [-0.2, -0.15) is 0 Å². The van der Waals surface area contributed by atoms with Crippen LogP contribution < -0.4 is 0 Å². The molecule has 3 heterocycles. The molecule has 8 atom stereocenters. The van der Waals surface area contributed by atoms with Gasteiger partial charge in [-0.05, 0) is 58.8 Å². The van der Waals surface area contributed by atoms with E-state index in [9.17, 15) is 19.5 Å². The Balaban J connectivity index is 2.02. The van der Waals surface area contributed by atoms with Crippen LogP contribution in [0.4, 0.5) is 0 Å². The molecule has 3 saturated heterocycles. The van der Waals surface area contributed by atoms with Gasteiger partial charge in [0.2, 0.25) is 11.8 Å². The molecule has 3 rings (SSSR count). The predicted molar refractivity (Wildman–Crippen MR) is 141 cm³/mol. The summed E-state index contributed by atoms with van der Waals surface area (Å²) in [6.07, 6.45) is 8.15. The largest absolute Gasteiger partial charge is 0.465 e. The number of rotatable bonds is 14. The summed E-state index contributed by atoms with van der Waals surface area (Å²) < 4.78 is 12.4. The summed E-state index contributed by atoms with van der Waals surface area (Å²) in [6, 6.07) is -1.59. The second-order valence-electron chi connectivity index (χ2n) is 11.3. The molecular weight excluding hydrogens is 472 g/mol. The first-order chi connectivity index (χ1) is 17.5. The number of carbonyl (C=O) groups excluding carboxylic acids is 3. The maximum absolute atomic E-state index is 14.3. The maximum Gasteiger partial charge on any atom is 0.312 e. The van der Waals surface area contributed by atoms with Crippen LogP contribution in [-0.2, 0) is 23.9 Å². The number of amides is 2. The molecule has 0 aromatic carbocycles. The van der Waals surface area contributed by atoms with Crippen LogP contribution in [0.25, 0.3) is 0 Å². The van der Waals surface area contributed by atoms with Crippen LogP contribution in [0.15, 0.2) is 25.3 Å². The zero-order valence-corrected chi connectivity index (χ0v) is 23.3. The van der Waals surface area contributed by atoms with E-state index in [0.717, 1.165) is 25.7 Å². The van der Waals surface area contributed by atoms with Gasteiger partial charge in [0.15, 0.2) is 0 Å². The van der Waals surface area contributed by atoms with E-state index in [4.69, 9.17) is 9.47 Å². The van der Waals surface area contributed by atoms with Crippen LogP contribution in [0.2, 0.25) is 0 Å². The minimum absolute atomic E-state index is 0.0598. The first kappa shape index (κ1) is 29.4. The molecule has 0 saturated carbocycles. The standard InChI is InChI=1S/C29H46N2O6/c1-8-11-12-13-16-36-27(35)23-22-25(33)31(21(6)18-32)24(29(22)17-19(4)28(23,7)37-29)26(34)30(15-10-3)20(5)14-9-2/h8,10,19-24,32H,1,3,9,11-18H2,2,4-7H3/t19?,20?,21-,22+,23-,24?,28+,29?/m1/s1. The lowest BCUT2D eigenvalue weighted by Crippen LogP contribution is -2.59. The molecule has 3 aliphatic heterocycles. The summed E-state index contributed by atoms with van der Waals surface area (Å²) in [5.41, 5.74) is -2.06. The number of ether oxygens (including phenoxy) is 2. The molecule has 208 valence electrons. The van der Waals surface area contributed by atoms with Crippen LogP contribution in [0.1, 0.15) is 73.1 Å². The molecule has 8 heteroatoms. The highest BCUT2D eigenvalue weighted by molar-refractivity contribution is 5.99. The number of carbonyl (C=O) groups is 3. The maximum atomic E-state index is 14.3. The average Bonchev–Trinajstić information content (AvgIpc) is 3.38. The lowest BCUT2D eigenvalue weighted by molar-refractivity contribution is -0.164. The van der Waals surface area contributed by atoms with Crippen molar-refractivity contribution in [1.82, 2.24) is 9.80 Å². The van der Waals surface area contributed by atoms with Gasteiger partial charge in [-0.25, -0.2) is 0 Å². The van der Waals surface area contributed by atoms with Crippen LogP contribution >= 0.6 is 0 Å². The van der Waals surface area contributed by atoms with Gasteiger partial charge < -0.3 is 24.4 Å². The zero-order chi connectivity index (χ0) is 27.5. The van der Waals surface area contributed by atoms with E-state index in [-0.39, 0.29) is 37.0 Å². The molecule has 0 aliphatic carbocycles. The molecule has 2 amide bonds. The molecule has 37 heavy (non-hydrogen) atoms. The van der Waals surface area contributed by atoms with E-state index in [1.807, 2.05) is 26.8 Å². The van der Waals surface area contributed by atoms with Gasteiger partial charge >= 0.3 is 5.97 Å². The van der Waals surface area contributed by atoms with Gasteiger partial charge in [0.05, 0.1) is 30.8 Å². The van der Waals surface area contributed by atoms with Gasteiger partial charge in [0, 0.05) is 12.6 Å². The third-order valence-corrected chi connectivity index (χ3v) is 8.87. The van der Waals surface area contributed by atoms with Crippen molar-refractivity contribution in [1.29, 1.82) is 0 Å². The number of aliphatic hydroxyl groups excluding tert-OH is 1. The first-order valence-electron chi connectivity index (χ1n) is 13.9. The summed E-state index contributed by atoms with van der Waals surface area (Å²) in [5, 5.41) is 10.1. The Kier molecular flexibility index (Phi) is 9.27. The van der Waals surface area contributed by atoms with E-state index in [2.05, 4.69) is 20.1 Å². The van der Waals surface area contributed by atoms with Gasteiger partial charge in [-0.1, -0.05) is 32.4 Å². The third kappa shape index (κ3) is 4.87. The molecule has 8 nitrogen and oxygen atoms in total. The second-order valence-corrected chi connectivity index (χ2v) is 11.3. The summed E-state index contributed by atoms with van der Waals surface area (Å²) in [5.74, 6) is -2.67. The van der Waals surface area contributed by atoms with Crippen LogP contribution in [0.3, 0.4) is 0 Å². The molecule has 3 aliphatic rings. The molecule has 1 N–H and O–H groups in total. The Bertz CT molecular complexity index is 892. The number of likely N-dealkylation sites (tertiary alicyclic amines) is 1. The normalized spacial score (nSPS) is 33.7. The molecule has 0 aromatic rings. The molecule has 0 aromatic heterocycles. The Labute approximate surface area is 222 Å². The summed E-state index contributed by atoms with van der Waals surface area (Å²) >= 11 is 0. The minimum atomic E-state index is -1.15. The Hall–Kier alpha value is -2.19. The highest BCUT2D eigenvalue weighted by atomic mass is 16.6. The monoisotopic (exact) mass is 518 g/mol. The number of hydrogen-bond acceptors (Lipinski definition) is 6. The van der Waals surface area contributed by atoms with Gasteiger partial charge in [0.25, 0.3) is 0 Å². The smallest absolute Gasteiger partial charge is 0.312 e. The van der Waals surface area contributed by atoms with E-state index in [1.54, 1.807) is 17.9 Å². The van der Waals surface area contributed by atoms with Gasteiger partial charge in [-0.3, -0.25) is 14.4 Å². The highest BCUT2D eigenvalue weighted by Gasteiger charge is 2.80. The minimum Gasteiger partial charge on any atom is -0.465 e. The fraction of sp³-hybridized carbons (Fsp3) is 0.759. The molecule has 1 spiro atoms. The highest BCUT2D eigenvalue weighted by Crippen LogP contribution is 2.65. The topological polar surface area (TPSA) is 96.4 Å². The van der Waals surface area contributed by atoms with Gasteiger partial charge in [-0.15, -0.1) is 13.2 Å². The lowest BCUT2D eigenvalue weighted by atomic mass is 9.62. The Morgan fingerprint density at radius 2 is 2.00 bits per heavy atom. The van der Waals surface area contributed by atoms with Crippen molar-refractivity contribution in [2.24, 2.45) is 17.8 Å². The van der Waals surface area contributed by atoms with E-state index >= 15 is 0 Å². The molecular formula is C29H46N2O6. The van der Waals surface area contributed by atoms with Crippen molar-refractivity contribution in [2.45, 2.75) is 102 Å². The number of fused-ring (bicyclic) bond motifs is 1. The SMILES string of the molecule is C=CCCCCOC(=O)[C@H]1[C@H]2C(=O)N([C@H](C)CO)C(C(=O)N(CC=C)C(C)CCC)C23CC(C)[C@]1(C)O3. The third-order valence-electron chi connectivity index (χ3n) is 8.87. The summed E-state index contributed by atoms with van der Waals surface area (Å²) in [6.45, 7) is 17.6. The van der Waals surface area contributed by atoms with Crippen LogP contribution in [-0.4, -0.2) is 81.8 Å². The van der Waals surface area contributed by atoms with Crippen LogP contribution in [0, 0.1) is 17.8 Å². The molecule has 0 radical (unpaired) electrons. The van der Waals surface area contributed by atoms with Crippen molar-refractivity contribution in [3.63, 3.8) is 0 Å². The number of allylic oxidation sites excluding steroid dienone is 1. The van der Waals surface area contributed by atoms with E-state index in [1.165, 1.54) is 4.90 Å². The quantitative estimate of drug-likeness (QED) is 0.215. The number of esters is 1. The van der Waals surface area contributed by atoms with Crippen molar-refractivity contribution in [3.05, 3.63) is 25.3 Å².